The zero-order valence-electron chi connectivity index (χ0n) is 9.46. The summed E-state index contributed by atoms with van der Waals surface area (Å²) in [4.78, 5) is 12.4. The lowest BCUT2D eigenvalue weighted by atomic mass is 10.2. The molecule has 85 valence electrons. The molecular formula is C14H12NO2. The summed E-state index contributed by atoms with van der Waals surface area (Å²) in [6.07, 6.45) is -1.23. The standard InChI is InChI=1S/C14H12NO2/c1-11-6-5-9-13(10-11)15(14(16)17)12-7-3-2-4-8-12/h2-10H,1H3. The van der Waals surface area contributed by atoms with E-state index in [1.165, 1.54) is 0 Å². The summed E-state index contributed by atoms with van der Waals surface area (Å²) in [5.41, 5.74) is 2.18. The minimum absolute atomic E-state index is 0.582. The number of rotatable bonds is 2. The Labute approximate surface area is 99.9 Å². The van der Waals surface area contributed by atoms with Gasteiger partial charge in [-0.15, -0.1) is 0 Å². The molecule has 0 unspecified atom stereocenters. The lowest BCUT2D eigenvalue weighted by Gasteiger charge is -2.18. The van der Waals surface area contributed by atoms with Crippen LogP contribution in [0.5, 0.6) is 0 Å². The number of para-hydroxylation sites is 1. The van der Waals surface area contributed by atoms with Crippen molar-refractivity contribution in [3.8, 4) is 0 Å². The Morgan fingerprint density at radius 3 is 2.18 bits per heavy atom. The highest BCUT2D eigenvalue weighted by atomic mass is 16.4. The Morgan fingerprint density at radius 1 is 0.941 bits per heavy atom. The number of amides is 1. The van der Waals surface area contributed by atoms with Gasteiger partial charge in [-0.3, -0.25) is 0 Å². The van der Waals surface area contributed by atoms with Crippen LogP contribution in [0.25, 0.3) is 0 Å². The first-order chi connectivity index (χ1) is 8.18. The van der Waals surface area contributed by atoms with Crippen LogP contribution < -0.4 is 4.90 Å². The van der Waals surface area contributed by atoms with E-state index >= 15 is 0 Å². The van der Waals surface area contributed by atoms with E-state index < -0.39 is 6.09 Å². The fourth-order valence-electron chi connectivity index (χ4n) is 1.70. The smallest absolute Gasteiger partial charge is 0.243 e. The van der Waals surface area contributed by atoms with Gasteiger partial charge in [0.2, 0.25) is 0 Å². The van der Waals surface area contributed by atoms with E-state index in [4.69, 9.17) is 0 Å². The van der Waals surface area contributed by atoms with Gasteiger partial charge >= 0.3 is 6.09 Å². The Bertz CT molecular complexity index is 523. The summed E-state index contributed by atoms with van der Waals surface area (Å²) in [7, 11) is 0. The molecule has 1 radical (unpaired) electrons. The zero-order chi connectivity index (χ0) is 12.3. The molecule has 0 atom stereocenters. The van der Waals surface area contributed by atoms with Crippen molar-refractivity contribution in [1.29, 1.82) is 0 Å². The minimum Gasteiger partial charge on any atom is -0.243 e. The second-order valence-electron chi connectivity index (χ2n) is 3.78. The molecule has 0 spiro atoms. The molecule has 0 saturated carbocycles. The highest BCUT2D eigenvalue weighted by Gasteiger charge is 2.17. The first kappa shape index (κ1) is 11.2. The summed E-state index contributed by atoms with van der Waals surface area (Å²) in [6, 6.07) is 16.2. The normalized spacial score (nSPS) is 9.94. The molecule has 2 rings (SSSR count). The molecule has 0 bridgehead atoms. The second kappa shape index (κ2) is 4.70. The Hall–Kier alpha value is -2.29. The van der Waals surface area contributed by atoms with E-state index in [-0.39, 0.29) is 0 Å². The van der Waals surface area contributed by atoms with Crippen LogP contribution in [0.15, 0.2) is 54.6 Å². The highest BCUT2D eigenvalue weighted by Crippen LogP contribution is 2.25. The van der Waals surface area contributed by atoms with Gasteiger partial charge in [-0.1, -0.05) is 30.3 Å². The van der Waals surface area contributed by atoms with E-state index in [1.54, 1.807) is 30.3 Å². The summed E-state index contributed by atoms with van der Waals surface area (Å²) < 4.78 is 0. The number of carbonyl (C=O) groups is 1. The van der Waals surface area contributed by atoms with Crippen LogP contribution in [-0.4, -0.2) is 6.09 Å². The third-order valence-electron chi connectivity index (χ3n) is 2.46. The average molecular weight is 226 g/mol. The van der Waals surface area contributed by atoms with Crippen LogP contribution >= 0.6 is 0 Å². The van der Waals surface area contributed by atoms with E-state index in [9.17, 15) is 9.90 Å². The number of anilines is 2. The molecule has 3 nitrogen and oxygen atoms in total. The van der Waals surface area contributed by atoms with Gasteiger partial charge in [0.1, 0.15) is 0 Å². The number of hydrogen-bond donors (Lipinski definition) is 0. The lowest BCUT2D eigenvalue weighted by Crippen LogP contribution is -2.22. The van der Waals surface area contributed by atoms with Gasteiger partial charge in [0, 0.05) is 0 Å². The fourth-order valence-corrected chi connectivity index (χ4v) is 1.70. The quantitative estimate of drug-likeness (QED) is 0.769. The number of nitrogens with zero attached hydrogens (tertiary/aromatic N) is 1. The van der Waals surface area contributed by atoms with Crippen LogP contribution in [0.2, 0.25) is 0 Å². The largest absolute Gasteiger partial charge is 0.462 e. The molecule has 0 aliphatic rings. The monoisotopic (exact) mass is 226 g/mol. The van der Waals surface area contributed by atoms with Crippen molar-refractivity contribution in [3.05, 3.63) is 60.2 Å². The third kappa shape index (κ3) is 2.45. The van der Waals surface area contributed by atoms with E-state index in [0.717, 1.165) is 10.5 Å². The van der Waals surface area contributed by atoms with Crippen molar-refractivity contribution in [3.63, 3.8) is 0 Å². The Kier molecular flexibility index (Phi) is 3.10. The molecule has 0 N–H and O–H groups in total. The van der Waals surface area contributed by atoms with Gasteiger partial charge in [0.15, 0.2) is 0 Å². The number of carbonyl (C=O) groups excluding carboxylic acids is 1. The second-order valence-corrected chi connectivity index (χ2v) is 3.78. The van der Waals surface area contributed by atoms with Gasteiger partial charge in [0.25, 0.3) is 0 Å². The maximum absolute atomic E-state index is 11.2. The maximum atomic E-state index is 11.2. The van der Waals surface area contributed by atoms with Crippen molar-refractivity contribution in [2.75, 3.05) is 4.90 Å². The highest BCUT2D eigenvalue weighted by molar-refractivity contribution is 5.94. The van der Waals surface area contributed by atoms with E-state index in [1.807, 2.05) is 31.2 Å². The maximum Gasteiger partial charge on any atom is 0.462 e. The van der Waals surface area contributed by atoms with Gasteiger partial charge in [0.05, 0.1) is 11.4 Å². The molecule has 0 saturated heterocycles. The summed E-state index contributed by atoms with van der Waals surface area (Å²) >= 11 is 0. The summed E-state index contributed by atoms with van der Waals surface area (Å²) in [5, 5.41) is 11.2. The predicted octanol–water partition coefficient (Wildman–Crippen LogP) is 3.68. The van der Waals surface area contributed by atoms with Gasteiger partial charge in [-0.05, 0) is 36.8 Å². The topological polar surface area (TPSA) is 40.2 Å². The Balaban J connectivity index is 2.47. The molecule has 0 aliphatic heterocycles. The third-order valence-corrected chi connectivity index (χ3v) is 2.46. The molecule has 0 fully saturated rings. The van der Waals surface area contributed by atoms with Crippen LogP contribution in [0.3, 0.4) is 0 Å². The molecule has 2 aromatic rings. The molecule has 1 amide bonds. The van der Waals surface area contributed by atoms with E-state index in [0.29, 0.717) is 11.4 Å². The van der Waals surface area contributed by atoms with Gasteiger partial charge in [-0.2, -0.15) is 0 Å². The first-order valence-electron chi connectivity index (χ1n) is 5.31. The predicted molar refractivity (Wildman–Crippen MR) is 65.8 cm³/mol. The average Bonchev–Trinajstić information content (AvgIpc) is 2.30. The summed E-state index contributed by atoms with van der Waals surface area (Å²) in [6.45, 7) is 1.92. The SMILES string of the molecule is Cc1cccc(N(C([O])=O)c2ccccc2)c1. The Morgan fingerprint density at radius 2 is 1.59 bits per heavy atom. The van der Waals surface area contributed by atoms with Crippen molar-refractivity contribution >= 4 is 17.5 Å². The molecule has 0 aromatic heterocycles. The molecule has 3 heteroatoms. The van der Waals surface area contributed by atoms with Gasteiger partial charge in [-0.25, -0.2) is 14.8 Å². The van der Waals surface area contributed by atoms with Crippen LogP contribution in [0.4, 0.5) is 16.2 Å². The zero-order valence-corrected chi connectivity index (χ0v) is 9.46. The van der Waals surface area contributed by atoms with Crippen LogP contribution in [-0.2, 0) is 5.11 Å². The lowest BCUT2D eigenvalue weighted by molar-refractivity contribution is 0.179. The number of aryl methyl sites for hydroxylation is 1. The molecule has 0 heterocycles. The molecular weight excluding hydrogens is 214 g/mol. The first-order valence-corrected chi connectivity index (χ1v) is 5.31. The summed E-state index contributed by atoms with van der Waals surface area (Å²) in [5.74, 6) is 0. The van der Waals surface area contributed by atoms with Crippen LogP contribution in [0.1, 0.15) is 5.56 Å². The number of hydrogen-bond acceptors (Lipinski definition) is 1. The molecule has 0 aliphatic carbocycles. The minimum atomic E-state index is -1.23. The number of benzene rings is 2. The van der Waals surface area contributed by atoms with Crippen molar-refractivity contribution in [2.24, 2.45) is 0 Å². The van der Waals surface area contributed by atoms with Crippen molar-refractivity contribution < 1.29 is 9.90 Å². The van der Waals surface area contributed by atoms with Crippen molar-refractivity contribution in [1.82, 2.24) is 0 Å². The van der Waals surface area contributed by atoms with Crippen molar-refractivity contribution in [2.45, 2.75) is 6.92 Å². The fraction of sp³-hybridized carbons (Fsp3) is 0.0714. The van der Waals surface area contributed by atoms with Crippen LogP contribution in [0, 0.1) is 6.92 Å². The van der Waals surface area contributed by atoms with E-state index in [2.05, 4.69) is 0 Å². The molecule has 17 heavy (non-hydrogen) atoms. The molecule has 2 aromatic carbocycles. The van der Waals surface area contributed by atoms with Gasteiger partial charge < -0.3 is 0 Å².